The maximum Gasteiger partial charge on any atom is 0.320 e. The lowest BCUT2D eigenvalue weighted by atomic mass is 10.1. The minimum atomic E-state index is -0.808. The van der Waals surface area contributed by atoms with Crippen LogP contribution in [0.25, 0.3) is 0 Å². The van der Waals surface area contributed by atoms with Gasteiger partial charge < -0.3 is 14.9 Å². The summed E-state index contributed by atoms with van der Waals surface area (Å²) in [6.07, 6.45) is 7.36. The van der Waals surface area contributed by atoms with Crippen molar-refractivity contribution < 1.29 is 14.7 Å². The molecule has 2 rings (SSSR count). The SMILES string of the molecule is CCC1CCCCCN1C(=O)N1CCCC1CC(=O)O. The lowest BCUT2D eigenvalue weighted by Gasteiger charge is -2.35. The summed E-state index contributed by atoms with van der Waals surface area (Å²) in [6, 6.07) is 0.291. The number of carboxylic acid groups (broad SMARTS) is 1. The van der Waals surface area contributed by atoms with Crippen molar-refractivity contribution in [1.29, 1.82) is 0 Å². The van der Waals surface area contributed by atoms with Crippen LogP contribution in [-0.2, 0) is 4.79 Å². The molecule has 20 heavy (non-hydrogen) atoms. The molecule has 0 radical (unpaired) electrons. The molecule has 0 aliphatic carbocycles. The van der Waals surface area contributed by atoms with Crippen molar-refractivity contribution in [3.63, 3.8) is 0 Å². The molecule has 114 valence electrons. The lowest BCUT2D eigenvalue weighted by Crippen LogP contribution is -2.49. The van der Waals surface area contributed by atoms with Gasteiger partial charge in [0.15, 0.2) is 0 Å². The van der Waals surface area contributed by atoms with Crippen LogP contribution in [0.4, 0.5) is 4.79 Å². The van der Waals surface area contributed by atoms with Gasteiger partial charge in [0.25, 0.3) is 0 Å². The minimum Gasteiger partial charge on any atom is -0.481 e. The molecule has 1 N–H and O–H groups in total. The molecule has 2 atom stereocenters. The van der Waals surface area contributed by atoms with Crippen molar-refractivity contribution in [3.8, 4) is 0 Å². The summed E-state index contributed by atoms with van der Waals surface area (Å²) in [4.78, 5) is 27.5. The minimum absolute atomic E-state index is 0.0718. The first kappa shape index (κ1) is 15.1. The molecular weight excluding hydrogens is 256 g/mol. The topological polar surface area (TPSA) is 60.9 Å². The molecule has 2 unspecified atom stereocenters. The highest BCUT2D eigenvalue weighted by Gasteiger charge is 2.35. The van der Waals surface area contributed by atoms with Crippen molar-refractivity contribution in [3.05, 3.63) is 0 Å². The van der Waals surface area contributed by atoms with E-state index in [-0.39, 0.29) is 18.5 Å². The quantitative estimate of drug-likeness (QED) is 0.865. The third-order valence-corrected chi connectivity index (χ3v) is 4.63. The number of rotatable bonds is 3. The Morgan fingerprint density at radius 3 is 2.35 bits per heavy atom. The van der Waals surface area contributed by atoms with Crippen LogP contribution in [0.15, 0.2) is 0 Å². The van der Waals surface area contributed by atoms with Gasteiger partial charge in [0.05, 0.1) is 6.42 Å². The molecule has 0 aromatic rings. The predicted octanol–water partition coefficient (Wildman–Crippen LogP) is 2.70. The van der Waals surface area contributed by atoms with Crippen molar-refractivity contribution in [2.24, 2.45) is 0 Å². The zero-order chi connectivity index (χ0) is 14.5. The lowest BCUT2D eigenvalue weighted by molar-refractivity contribution is -0.138. The molecule has 2 heterocycles. The van der Waals surface area contributed by atoms with E-state index in [2.05, 4.69) is 6.92 Å². The highest BCUT2D eigenvalue weighted by Crippen LogP contribution is 2.26. The van der Waals surface area contributed by atoms with Gasteiger partial charge in [-0.15, -0.1) is 0 Å². The van der Waals surface area contributed by atoms with Crippen LogP contribution in [0, 0.1) is 0 Å². The maximum atomic E-state index is 12.8. The summed E-state index contributed by atoms with van der Waals surface area (Å²) in [5.41, 5.74) is 0. The Balaban J connectivity index is 2.05. The third-order valence-electron chi connectivity index (χ3n) is 4.63. The normalized spacial score (nSPS) is 27.4. The Kier molecular flexibility index (Phi) is 5.26. The number of nitrogens with zero attached hydrogens (tertiary/aromatic N) is 2. The average molecular weight is 282 g/mol. The fourth-order valence-electron chi connectivity index (χ4n) is 3.52. The molecule has 0 aromatic heterocycles. The van der Waals surface area contributed by atoms with E-state index < -0.39 is 5.97 Å². The molecule has 2 aliphatic heterocycles. The summed E-state index contributed by atoms with van der Waals surface area (Å²) in [5, 5.41) is 8.98. The first-order valence-electron chi connectivity index (χ1n) is 7.92. The summed E-state index contributed by atoms with van der Waals surface area (Å²) in [6.45, 7) is 3.67. The number of amides is 2. The second-order valence-electron chi connectivity index (χ2n) is 5.97. The zero-order valence-electron chi connectivity index (χ0n) is 12.4. The number of carboxylic acids is 1. The molecule has 5 heteroatoms. The molecule has 0 saturated carbocycles. The van der Waals surface area contributed by atoms with Gasteiger partial charge in [-0.3, -0.25) is 4.79 Å². The van der Waals surface area contributed by atoms with Crippen molar-refractivity contribution >= 4 is 12.0 Å². The van der Waals surface area contributed by atoms with Crippen molar-refractivity contribution in [2.75, 3.05) is 13.1 Å². The number of urea groups is 1. The number of likely N-dealkylation sites (tertiary alicyclic amines) is 2. The molecular formula is C15H26N2O3. The highest BCUT2D eigenvalue weighted by atomic mass is 16.4. The van der Waals surface area contributed by atoms with Gasteiger partial charge in [0.1, 0.15) is 0 Å². The van der Waals surface area contributed by atoms with E-state index in [9.17, 15) is 9.59 Å². The molecule has 0 spiro atoms. The van der Waals surface area contributed by atoms with E-state index in [1.54, 1.807) is 0 Å². The number of carbonyl (C=O) groups excluding carboxylic acids is 1. The molecule has 0 bridgehead atoms. The average Bonchev–Trinajstić information content (AvgIpc) is 2.73. The van der Waals surface area contributed by atoms with Crippen LogP contribution in [-0.4, -0.2) is 52.1 Å². The van der Waals surface area contributed by atoms with Gasteiger partial charge in [-0.05, 0) is 32.1 Å². The summed E-state index contributed by atoms with van der Waals surface area (Å²) < 4.78 is 0. The van der Waals surface area contributed by atoms with Crippen LogP contribution in [0.5, 0.6) is 0 Å². The number of hydrogen-bond acceptors (Lipinski definition) is 2. The first-order chi connectivity index (χ1) is 9.63. The fraction of sp³-hybridized carbons (Fsp3) is 0.867. The van der Waals surface area contributed by atoms with Crippen molar-refractivity contribution in [2.45, 2.75) is 70.4 Å². The number of aliphatic carboxylic acids is 1. The first-order valence-corrected chi connectivity index (χ1v) is 7.92. The van der Waals surface area contributed by atoms with E-state index in [0.29, 0.717) is 12.6 Å². The largest absolute Gasteiger partial charge is 0.481 e. The summed E-state index contributed by atoms with van der Waals surface area (Å²) in [7, 11) is 0. The third kappa shape index (κ3) is 3.44. The van der Waals surface area contributed by atoms with Gasteiger partial charge in [0.2, 0.25) is 0 Å². The van der Waals surface area contributed by atoms with Crippen LogP contribution < -0.4 is 0 Å². The van der Waals surface area contributed by atoms with Crippen molar-refractivity contribution in [1.82, 2.24) is 9.80 Å². The predicted molar refractivity (Wildman–Crippen MR) is 76.6 cm³/mol. The van der Waals surface area contributed by atoms with E-state index in [4.69, 9.17) is 5.11 Å². The Morgan fingerprint density at radius 2 is 1.65 bits per heavy atom. The van der Waals surface area contributed by atoms with E-state index in [0.717, 1.165) is 38.6 Å². The second kappa shape index (κ2) is 6.95. The van der Waals surface area contributed by atoms with Gasteiger partial charge in [-0.25, -0.2) is 4.79 Å². The maximum absolute atomic E-state index is 12.8. The Morgan fingerprint density at radius 1 is 1.00 bits per heavy atom. The summed E-state index contributed by atoms with van der Waals surface area (Å²) >= 11 is 0. The van der Waals surface area contributed by atoms with Crippen LogP contribution in [0.2, 0.25) is 0 Å². The number of carbonyl (C=O) groups is 2. The zero-order valence-corrected chi connectivity index (χ0v) is 12.4. The second-order valence-corrected chi connectivity index (χ2v) is 5.97. The van der Waals surface area contributed by atoms with Gasteiger partial charge >= 0.3 is 12.0 Å². The van der Waals surface area contributed by atoms with E-state index in [1.807, 2.05) is 9.80 Å². The van der Waals surface area contributed by atoms with Gasteiger partial charge in [-0.2, -0.15) is 0 Å². The molecule has 0 aromatic carbocycles. The Bertz CT molecular complexity index is 359. The Labute approximate surface area is 120 Å². The molecule has 2 fully saturated rings. The monoisotopic (exact) mass is 282 g/mol. The number of hydrogen-bond donors (Lipinski definition) is 1. The van der Waals surface area contributed by atoms with Gasteiger partial charge in [-0.1, -0.05) is 19.8 Å². The molecule has 2 amide bonds. The Hall–Kier alpha value is -1.26. The van der Waals surface area contributed by atoms with Crippen LogP contribution in [0.3, 0.4) is 0 Å². The van der Waals surface area contributed by atoms with Crippen LogP contribution >= 0.6 is 0 Å². The molecule has 5 nitrogen and oxygen atoms in total. The van der Waals surface area contributed by atoms with Crippen LogP contribution in [0.1, 0.15) is 58.3 Å². The fourth-order valence-corrected chi connectivity index (χ4v) is 3.52. The standard InChI is InChI=1S/C15H26N2O3/c1-2-12-7-4-3-5-9-16(12)15(20)17-10-6-8-13(17)11-14(18)19/h12-13H,2-11H2,1H3,(H,18,19). The van der Waals surface area contributed by atoms with E-state index in [1.165, 1.54) is 12.8 Å². The highest BCUT2D eigenvalue weighted by molar-refractivity contribution is 5.77. The smallest absolute Gasteiger partial charge is 0.320 e. The van der Waals surface area contributed by atoms with E-state index >= 15 is 0 Å². The van der Waals surface area contributed by atoms with Gasteiger partial charge in [0, 0.05) is 25.2 Å². The molecule has 2 saturated heterocycles. The summed E-state index contributed by atoms with van der Waals surface area (Å²) in [5.74, 6) is -0.808. The molecule has 2 aliphatic rings.